The SMILES string of the molecule is CC(=O)c1ccccc1.CCC(=O)CC.CCC(=O)c1ccccc1.c1ccccc1. The maximum atomic E-state index is 11.0. The van der Waals surface area contributed by atoms with Crippen LogP contribution in [0.1, 0.15) is 67.7 Å². The third kappa shape index (κ3) is 15.2. The van der Waals surface area contributed by atoms with Crippen LogP contribution >= 0.6 is 0 Å². The minimum atomic E-state index is 0.121. The zero-order valence-electron chi connectivity index (χ0n) is 19.1. The van der Waals surface area contributed by atoms with Gasteiger partial charge in [0, 0.05) is 30.4 Å². The fourth-order valence-corrected chi connectivity index (χ4v) is 2.14. The molecular weight excluding hydrogens is 384 g/mol. The Labute approximate surface area is 187 Å². The predicted molar refractivity (Wildman–Crippen MR) is 130 cm³/mol. The number of carbonyl (C=O) groups excluding carboxylic acids is 3. The van der Waals surface area contributed by atoms with E-state index in [4.69, 9.17) is 0 Å². The number of ketones is 3. The van der Waals surface area contributed by atoms with Crippen molar-refractivity contribution < 1.29 is 14.4 Å². The summed E-state index contributed by atoms with van der Waals surface area (Å²) in [5.41, 5.74) is 1.59. The molecule has 0 bridgehead atoms. The Hall–Kier alpha value is -3.33. The van der Waals surface area contributed by atoms with Crippen LogP contribution in [0.2, 0.25) is 0 Å². The van der Waals surface area contributed by atoms with Crippen molar-refractivity contribution in [3.05, 3.63) is 108 Å². The number of rotatable bonds is 5. The lowest BCUT2D eigenvalue weighted by molar-refractivity contribution is -0.118. The topological polar surface area (TPSA) is 51.2 Å². The lowest BCUT2D eigenvalue weighted by Crippen LogP contribution is -1.94. The fourth-order valence-electron chi connectivity index (χ4n) is 2.14. The Morgan fingerprint density at radius 3 is 1.06 bits per heavy atom. The quantitative estimate of drug-likeness (QED) is 0.411. The van der Waals surface area contributed by atoms with Gasteiger partial charge in [0.05, 0.1) is 0 Å². The van der Waals surface area contributed by atoms with Gasteiger partial charge in [0.15, 0.2) is 11.6 Å². The van der Waals surface area contributed by atoms with Gasteiger partial charge < -0.3 is 0 Å². The molecule has 3 nitrogen and oxygen atoms in total. The molecule has 0 aliphatic rings. The number of hydrogen-bond acceptors (Lipinski definition) is 3. The summed E-state index contributed by atoms with van der Waals surface area (Å²) < 4.78 is 0. The number of carbonyl (C=O) groups is 3. The van der Waals surface area contributed by atoms with Crippen molar-refractivity contribution in [2.24, 2.45) is 0 Å². The first kappa shape index (κ1) is 27.7. The average Bonchev–Trinajstić information content (AvgIpc) is 2.86. The third-order valence-electron chi connectivity index (χ3n) is 4.05. The van der Waals surface area contributed by atoms with Crippen molar-refractivity contribution >= 4 is 17.3 Å². The van der Waals surface area contributed by atoms with E-state index in [0.29, 0.717) is 25.0 Å². The molecule has 0 saturated heterocycles. The molecule has 0 heterocycles. The van der Waals surface area contributed by atoms with E-state index in [1.807, 2.05) is 118 Å². The van der Waals surface area contributed by atoms with Gasteiger partial charge in [0.25, 0.3) is 0 Å². The van der Waals surface area contributed by atoms with Crippen LogP contribution in [-0.2, 0) is 4.79 Å². The molecule has 0 radical (unpaired) electrons. The summed E-state index contributed by atoms with van der Waals surface area (Å²) in [6.45, 7) is 7.20. The molecule has 3 rings (SSSR count). The third-order valence-corrected chi connectivity index (χ3v) is 4.05. The van der Waals surface area contributed by atoms with E-state index >= 15 is 0 Å². The first-order chi connectivity index (χ1) is 15.0. The molecule has 0 spiro atoms. The summed E-state index contributed by atoms with van der Waals surface area (Å²) in [5, 5.41) is 0. The van der Waals surface area contributed by atoms with Crippen LogP contribution in [0.25, 0.3) is 0 Å². The van der Waals surface area contributed by atoms with Gasteiger partial charge in [-0.1, -0.05) is 118 Å². The van der Waals surface area contributed by atoms with Gasteiger partial charge in [-0.05, 0) is 6.92 Å². The normalized spacial score (nSPS) is 8.77. The molecule has 0 aliphatic carbocycles. The largest absolute Gasteiger partial charge is 0.300 e. The molecule has 0 aliphatic heterocycles. The summed E-state index contributed by atoms with van der Waals surface area (Å²) in [4.78, 5) is 31.8. The van der Waals surface area contributed by atoms with Gasteiger partial charge in [-0.2, -0.15) is 0 Å². The molecule has 3 aromatic rings. The predicted octanol–water partition coefficient (Wildman–Crippen LogP) is 7.23. The summed E-state index contributed by atoms with van der Waals surface area (Å²) in [7, 11) is 0. The van der Waals surface area contributed by atoms with Crippen LogP contribution in [0.3, 0.4) is 0 Å². The van der Waals surface area contributed by atoms with Crippen molar-refractivity contribution in [1.29, 1.82) is 0 Å². The Kier molecular flexibility index (Phi) is 16.7. The second-order valence-corrected chi connectivity index (χ2v) is 6.47. The second-order valence-electron chi connectivity index (χ2n) is 6.47. The maximum Gasteiger partial charge on any atom is 0.162 e. The first-order valence-electron chi connectivity index (χ1n) is 10.6. The van der Waals surface area contributed by atoms with E-state index in [2.05, 4.69) is 0 Å². The molecular formula is C28H34O3. The van der Waals surface area contributed by atoms with Crippen LogP contribution in [0, 0.1) is 0 Å². The highest BCUT2D eigenvalue weighted by molar-refractivity contribution is 5.95. The Morgan fingerprint density at radius 1 is 0.516 bits per heavy atom. The van der Waals surface area contributed by atoms with E-state index in [1.165, 1.54) is 0 Å². The standard InChI is InChI=1S/C9H10O.C8H8O.C6H6.C5H10O/c1-2-9(10)8-6-4-3-5-7-8;1-7(9)8-5-3-2-4-6-8;1-2-4-6-5-3-1;1-3-5(6)4-2/h3-7H,2H2,1H3;2-6H,1H3;1-6H;3-4H2,1-2H3. The highest BCUT2D eigenvalue weighted by atomic mass is 16.1. The molecule has 0 N–H and O–H groups in total. The van der Waals surface area contributed by atoms with Crippen LogP contribution in [0.5, 0.6) is 0 Å². The van der Waals surface area contributed by atoms with Crippen LogP contribution in [-0.4, -0.2) is 17.3 Å². The van der Waals surface area contributed by atoms with Crippen LogP contribution in [0.15, 0.2) is 97.1 Å². The van der Waals surface area contributed by atoms with Crippen molar-refractivity contribution in [2.75, 3.05) is 0 Å². The summed E-state index contributed by atoms with van der Waals surface area (Å²) in [5.74, 6) is 0.672. The van der Waals surface area contributed by atoms with E-state index in [1.54, 1.807) is 6.92 Å². The molecule has 0 amide bonds. The van der Waals surface area contributed by atoms with Gasteiger partial charge in [-0.3, -0.25) is 14.4 Å². The Balaban J connectivity index is 0.000000398. The van der Waals surface area contributed by atoms with E-state index in [9.17, 15) is 14.4 Å². The number of hydrogen-bond donors (Lipinski definition) is 0. The van der Waals surface area contributed by atoms with Crippen molar-refractivity contribution in [2.45, 2.75) is 47.0 Å². The molecule has 3 aromatic carbocycles. The lowest BCUT2D eigenvalue weighted by Gasteiger charge is -1.93. The molecule has 0 saturated carbocycles. The van der Waals surface area contributed by atoms with Crippen LogP contribution < -0.4 is 0 Å². The maximum absolute atomic E-state index is 11.0. The summed E-state index contributed by atoms with van der Waals surface area (Å²) in [6.07, 6.45) is 1.97. The van der Waals surface area contributed by atoms with Gasteiger partial charge >= 0.3 is 0 Å². The lowest BCUT2D eigenvalue weighted by atomic mass is 10.1. The zero-order valence-corrected chi connectivity index (χ0v) is 19.1. The number of benzene rings is 3. The van der Waals surface area contributed by atoms with E-state index < -0.39 is 0 Å². The highest BCUT2D eigenvalue weighted by Crippen LogP contribution is 2.01. The van der Waals surface area contributed by atoms with Crippen molar-refractivity contribution in [3.8, 4) is 0 Å². The zero-order chi connectivity index (χ0) is 23.3. The summed E-state index contributed by atoms with van der Waals surface area (Å²) >= 11 is 0. The summed E-state index contributed by atoms with van der Waals surface area (Å²) in [6, 6.07) is 30.6. The monoisotopic (exact) mass is 418 g/mol. The first-order valence-corrected chi connectivity index (χ1v) is 10.6. The van der Waals surface area contributed by atoms with Gasteiger partial charge in [0.1, 0.15) is 5.78 Å². The van der Waals surface area contributed by atoms with Gasteiger partial charge in [-0.25, -0.2) is 0 Å². The second kappa shape index (κ2) is 18.7. The Bertz CT molecular complexity index is 808. The molecule has 164 valence electrons. The molecule has 31 heavy (non-hydrogen) atoms. The smallest absolute Gasteiger partial charge is 0.162 e. The average molecular weight is 419 g/mol. The minimum Gasteiger partial charge on any atom is -0.300 e. The molecule has 0 fully saturated rings. The Morgan fingerprint density at radius 2 is 0.839 bits per heavy atom. The molecule has 0 aromatic heterocycles. The minimum absolute atomic E-state index is 0.121. The van der Waals surface area contributed by atoms with Gasteiger partial charge in [0.2, 0.25) is 0 Å². The fraction of sp³-hybridized carbons (Fsp3) is 0.250. The molecule has 3 heteroatoms. The molecule has 0 unspecified atom stereocenters. The van der Waals surface area contributed by atoms with Gasteiger partial charge in [-0.15, -0.1) is 0 Å². The van der Waals surface area contributed by atoms with Crippen molar-refractivity contribution in [1.82, 2.24) is 0 Å². The van der Waals surface area contributed by atoms with E-state index in [0.717, 1.165) is 11.1 Å². The van der Waals surface area contributed by atoms with Crippen LogP contribution in [0.4, 0.5) is 0 Å². The molecule has 0 atom stereocenters. The van der Waals surface area contributed by atoms with E-state index in [-0.39, 0.29) is 11.6 Å². The van der Waals surface area contributed by atoms with Crippen molar-refractivity contribution in [3.63, 3.8) is 0 Å². The number of Topliss-reactive ketones (excluding diaryl/α,β-unsaturated/α-hetero) is 3. The highest BCUT2D eigenvalue weighted by Gasteiger charge is 1.98.